The average molecular weight is 384 g/mol. The number of piperidine rings is 1. The first-order valence-electron chi connectivity index (χ1n) is 9.44. The Bertz CT molecular complexity index is 797. The van der Waals surface area contributed by atoms with Gasteiger partial charge in [-0.2, -0.15) is 5.26 Å². The number of ether oxygens (including phenoxy) is 1. The fourth-order valence-corrected chi connectivity index (χ4v) is 4.13. The fraction of sp³-hybridized carbons (Fsp3) is 0.500. The number of halogens is 1. The summed E-state index contributed by atoms with van der Waals surface area (Å²) in [6, 6.07) is 5.51. The largest absolute Gasteiger partial charge is 0.492 e. The summed E-state index contributed by atoms with van der Waals surface area (Å²) in [6.45, 7) is 2.75. The summed E-state index contributed by atoms with van der Waals surface area (Å²) in [5, 5.41) is 9.34. The van der Waals surface area contributed by atoms with E-state index in [1.165, 1.54) is 19.3 Å². The van der Waals surface area contributed by atoms with Crippen molar-refractivity contribution in [2.45, 2.75) is 25.7 Å². The van der Waals surface area contributed by atoms with Crippen molar-refractivity contribution < 1.29 is 4.74 Å². The van der Waals surface area contributed by atoms with E-state index in [-0.39, 0.29) is 0 Å². The van der Waals surface area contributed by atoms with Crippen LogP contribution in [0.4, 0.5) is 5.95 Å². The van der Waals surface area contributed by atoms with Gasteiger partial charge >= 0.3 is 0 Å². The lowest BCUT2D eigenvalue weighted by atomic mass is 9.90. The highest BCUT2D eigenvalue weighted by Crippen LogP contribution is 2.49. The molecular weight excluding hydrogens is 362 g/mol. The Labute approximate surface area is 164 Å². The molecule has 0 radical (unpaired) electrons. The molecule has 0 spiro atoms. The van der Waals surface area contributed by atoms with E-state index in [1.807, 2.05) is 12.1 Å². The Balaban J connectivity index is 1.17. The van der Waals surface area contributed by atoms with Gasteiger partial charge in [-0.15, -0.1) is 0 Å². The normalized spacial score (nSPS) is 22.3. The third-order valence-electron chi connectivity index (χ3n) is 5.62. The monoisotopic (exact) mass is 383 g/mol. The molecule has 0 unspecified atom stereocenters. The van der Waals surface area contributed by atoms with Crippen molar-refractivity contribution in [2.75, 3.05) is 24.6 Å². The maximum absolute atomic E-state index is 8.76. The van der Waals surface area contributed by atoms with E-state index in [0.717, 1.165) is 49.0 Å². The molecule has 27 heavy (non-hydrogen) atoms. The summed E-state index contributed by atoms with van der Waals surface area (Å²) in [6.07, 6.45) is 9.76. The first-order valence-corrected chi connectivity index (χ1v) is 9.82. The van der Waals surface area contributed by atoms with Crippen molar-refractivity contribution in [3.63, 3.8) is 0 Å². The molecule has 1 aliphatic carbocycles. The van der Waals surface area contributed by atoms with Crippen LogP contribution in [0.1, 0.15) is 31.4 Å². The zero-order valence-electron chi connectivity index (χ0n) is 15.1. The van der Waals surface area contributed by atoms with E-state index in [0.29, 0.717) is 17.3 Å². The first-order chi connectivity index (χ1) is 13.2. The number of rotatable bonds is 6. The third kappa shape index (κ3) is 4.48. The van der Waals surface area contributed by atoms with E-state index in [4.69, 9.17) is 21.6 Å². The van der Waals surface area contributed by atoms with Crippen LogP contribution in [0.3, 0.4) is 0 Å². The van der Waals surface area contributed by atoms with Gasteiger partial charge < -0.3 is 9.64 Å². The van der Waals surface area contributed by atoms with Gasteiger partial charge in [-0.1, -0.05) is 11.6 Å². The number of nitriles is 1. The lowest BCUT2D eigenvalue weighted by molar-refractivity contribution is 0.283. The van der Waals surface area contributed by atoms with E-state index >= 15 is 0 Å². The summed E-state index contributed by atoms with van der Waals surface area (Å²) >= 11 is 5.86. The van der Waals surface area contributed by atoms with E-state index in [9.17, 15) is 0 Å². The minimum atomic E-state index is 0.417. The van der Waals surface area contributed by atoms with Crippen molar-refractivity contribution in [1.82, 2.24) is 15.0 Å². The molecule has 0 aromatic carbocycles. The van der Waals surface area contributed by atoms with Crippen LogP contribution < -0.4 is 9.64 Å². The quantitative estimate of drug-likeness (QED) is 0.756. The number of pyridine rings is 1. The second-order valence-corrected chi connectivity index (χ2v) is 7.75. The first kappa shape index (κ1) is 18.0. The Morgan fingerprint density at radius 3 is 2.59 bits per heavy atom. The highest BCUT2D eigenvalue weighted by Gasteiger charge is 2.43. The number of hydrogen-bond donors (Lipinski definition) is 0. The molecule has 0 N–H and O–H groups in total. The summed E-state index contributed by atoms with van der Waals surface area (Å²) in [4.78, 5) is 14.9. The van der Waals surface area contributed by atoms with Gasteiger partial charge in [-0.3, -0.25) is 0 Å². The lowest BCUT2D eigenvalue weighted by Crippen LogP contribution is -2.35. The van der Waals surface area contributed by atoms with Gasteiger partial charge in [0.05, 0.1) is 30.2 Å². The molecular formula is C20H22ClN5O. The van der Waals surface area contributed by atoms with Gasteiger partial charge in [0.1, 0.15) is 17.5 Å². The molecule has 2 fully saturated rings. The molecule has 2 aromatic heterocycles. The molecule has 4 rings (SSSR count). The second kappa shape index (κ2) is 8.10. The molecule has 7 heteroatoms. The molecule has 2 atom stereocenters. The van der Waals surface area contributed by atoms with Crippen LogP contribution in [-0.2, 0) is 0 Å². The van der Waals surface area contributed by atoms with Crippen molar-refractivity contribution in [2.24, 2.45) is 17.8 Å². The topological polar surface area (TPSA) is 74.9 Å². The van der Waals surface area contributed by atoms with Gasteiger partial charge in [-0.05, 0) is 55.6 Å². The summed E-state index contributed by atoms with van der Waals surface area (Å²) in [7, 11) is 0. The van der Waals surface area contributed by atoms with Gasteiger partial charge in [0.25, 0.3) is 0 Å². The van der Waals surface area contributed by atoms with Crippen LogP contribution in [0.2, 0.25) is 5.02 Å². The molecule has 2 aliphatic rings. The number of hydrogen-bond acceptors (Lipinski definition) is 6. The van der Waals surface area contributed by atoms with Gasteiger partial charge in [0.15, 0.2) is 0 Å². The van der Waals surface area contributed by atoms with Crippen LogP contribution in [0.25, 0.3) is 0 Å². The number of nitrogens with zero attached hydrogens (tertiary/aromatic N) is 5. The molecule has 2 aromatic rings. The van der Waals surface area contributed by atoms with Crippen LogP contribution in [0.15, 0.2) is 30.7 Å². The zero-order valence-corrected chi connectivity index (χ0v) is 15.8. The highest BCUT2D eigenvalue weighted by atomic mass is 35.5. The van der Waals surface area contributed by atoms with Crippen LogP contribution >= 0.6 is 11.6 Å². The molecule has 3 heterocycles. The molecule has 1 saturated heterocycles. The van der Waals surface area contributed by atoms with Crippen molar-refractivity contribution in [1.29, 1.82) is 5.26 Å². The maximum Gasteiger partial charge on any atom is 0.225 e. The summed E-state index contributed by atoms with van der Waals surface area (Å²) in [5.41, 5.74) is 0.417. The number of aromatic nitrogens is 3. The van der Waals surface area contributed by atoms with Gasteiger partial charge in [0.2, 0.25) is 5.95 Å². The average Bonchev–Trinajstić information content (AvgIpc) is 3.49. The smallest absolute Gasteiger partial charge is 0.225 e. The SMILES string of the molecule is N#Cc1ccc(OCC[C@@H]2C[C@@H]2C2CCN(c3ncc(Cl)cn3)CC2)cn1. The summed E-state index contributed by atoms with van der Waals surface area (Å²) in [5.74, 6) is 3.94. The minimum Gasteiger partial charge on any atom is -0.492 e. The maximum atomic E-state index is 8.76. The Hall–Kier alpha value is -2.39. The van der Waals surface area contributed by atoms with E-state index in [1.54, 1.807) is 24.7 Å². The molecule has 1 saturated carbocycles. The van der Waals surface area contributed by atoms with E-state index in [2.05, 4.69) is 19.9 Å². The van der Waals surface area contributed by atoms with E-state index < -0.39 is 0 Å². The lowest BCUT2D eigenvalue weighted by Gasteiger charge is -2.32. The van der Waals surface area contributed by atoms with Crippen molar-refractivity contribution >= 4 is 17.5 Å². The summed E-state index contributed by atoms with van der Waals surface area (Å²) < 4.78 is 5.77. The third-order valence-corrected chi connectivity index (χ3v) is 5.82. The fourth-order valence-electron chi connectivity index (χ4n) is 4.04. The Kier molecular flexibility index (Phi) is 5.40. The minimum absolute atomic E-state index is 0.417. The molecule has 0 bridgehead atoms. The molecule has 140 valence electrons. The van der Waals surface area contributed by atoms with Gasteiger partial charge in [-0.25, -0.2) is 15.0 Å². The predicted molar refractivity (Wildman–Crippen MR) is 103 cm³/mol. The van der Waals surface area contributed by atoms with Crippen molar-refractivity contribution in [3.05, 3.63) is 41.4 Å². The van der Waals surface area contributed by atoms with Gasteiger partial charge in [0, 0.05) is 13.1 Å². The predicted octanol–water partition coefficient (Wildman–Crippen LogP) is 3.72. The Morgan fingerprint density at radius 1 is 1.15 bits per heavy atom. The van der Waals surface area contributed by atoms with Crippen molar-refractivity contribution in [3.8, 4) is 11.8 Å². The van der Waals surface area contributed by atoms with Crippen LogP contribution in [0, 0.1) is 29.1 Å². The molecule has 1 aliphatic heterocycles. The Morgan fingerprint density at radius 2 is 1.93 bits per heavy atom. The zero-order chi connectivity index (χ0) is 18.6. The van der Waals surface area contributed by atoms with Crippen LogP contribution in [-0.4, -0.2) is 34.6 Å². The second-order valence-electron chi connectivity index (χ2n) is 7.31. The highest BCUT2D eigenvalue weighted by molar-refractivity contribution is 6.30. The standard InChI is InChI=1S/C20H22ClN5O/c21-16-11-24-20(25-12-16)26-6-3-14(4-7-26)19-9-15(19)5-8-27-18-2-1-17(10-22)23-13-18/h1-2,11-15,19H,3-9H2/t15-,19-/m1/s1. The molecule has 6 nitrogen and oxygen atoms in total. The molecule has 0 amide bonds. The number of anilines is 1. The van der Waals surface area contributed by atoms with Crippen LogP contribution in [0.5, 0.6) is 5.75 Å².